The first-order chi connectivity index (χ1) is 13.5. The molecule has 152 valence electrons. The molecule has 3 aromatic carbocycles. The van der Waals surface area contributed by atoms with Crippen LogP contribution in [0.2, 0.25) is 20.1 Å². The third kappa shape index (κ3) is 3.77. The van der Waals surface area contributed by atoms with Gasteiger partial charge in [-0.2, -0.15) is 8.42 Å². The molecule has 0 aliphatic rings. The minimum absolute atomic E-state index is 0.0606. The molecule has 10 heteroatoms. The van der Waals surface area contributed by atoms with E-state index in [-0.39, 0.29) is 36.8 Å². The maximum absolute atomic E-state index is 13.0. The van der Waals surface area contributed by atoms with E-state index in [0.717, 1.165) is 24.3 Å². The predicted molar refractivity (Wildman–Crippen MR) is 114 cm³/mol. The number of phenolic OH excluding ortho intramolecular Hbond substituents is 2. The Bertz CT molecular complexity index is 1090. The van der Waals surface area contributed by atoms with Crippen LogP contribution in [0.3, 0.4) is 0 Å². The number of rotatable bonds is 4. The zero-order valence-electron chi connectivity index (χ0n) is 14.3. The Labute approximate surface area is 186 Å². The number of hydrogen-bond acceptors (Lipinski definition) is 4. The van der Waals surface area contributed by atoms with Crippen molar-refractivity contribution in [3.63, 3.8) is 0 Å². The highest BCUT2D eigenvalue weighted by atomic mass is 35.5. The number of benzene rings is 3. The molecule has 3 rings (SSSR count). The van der Waals surface area contributed by atoms with E-state index in [2.05, 4.69) is 0 Å². The lowest BCUT2D eigenvalue weighted by Gasteiger charge is -2.34. The highest BCUT2D eigenvalue weighted by Gasteiger charge is 2.53. The molecule has 0 amide bonds. The lowest BCUT2D eigenvalue weighted by molar-refractivity contribution is 0.428. The normalized spacial score (nSPS) is 12.2. The summed E-state index contributed by atoms with van der Waals surface area (Å²) in [7, 11) is -5.18. The van der Waals surface area contributed by atoms with Crippen molar-refractivity contribution in [1.29, 1.82) is 0 Å². The summed E-state index contributed by atoms with van der Waals surface area (Å²) in [6, 6.07) is 11.2. The van der Waals surface area contributed by atoms with Crippen molar-refractivity contribution < 1.29 is 23.2 Å². The summed E-state index contributed by atoms with van der Waals surface area (Å²) in [6.07, 6.45) is 0. The van der Waals surface area contributed by atoms with E-state index < -0.39 is 26.4 Å². The molecule has 29 heavy (non-hydrogen) atoms. The van der Waals surface area contributed by atoms with Gasteiger partial charge in [0.2, 0.25) is 0 Å². The average Bonchev–Trinajstić information content (AvgIpc) is 2.63. The maximum Gasteiger partial charge on any atom is 0.283 e. The largest absolute Gasteiger partial charge is 0.508 e. The number of phenols is 2. The smallest absolute Gasteiger partial charge is 0.283 e. The summed E-state index contributed by atoms with van der Waals surface area (Å²) < 4.78 is 33.9. The first-order valence-corrected chi connectivity index (χ1v) is 10.8. The van der Waals surface area contributed by atoms with E-state index in [9.17, 15) is 23.2 Å². The number of halogens is 4. The molecule has 3 aromatic rings. The molecule has 0 radical (unpaired) electrons. The summed E-state index contributed by atoms with van der Waals surface area (Å²) in [4.78, 5) is 0. The van der Waals surface area contributed by atoms with Crippen molar-refractivity contribution in [2.24, 2.45) is 0 Å². The Kier molecular flexibility index (Phi) is 5.98. The molecule has 0 saturated heterocycles. The van der Waals surface area contributed by atoms with E-state index in [1.165, 1.54) is 30.3 Å². The third-order valence-corrected chi connectivity index (χ3v) is 6.84. The fraction of sp³-hybridized carbons (Fsp3) is 0.0526. The quantitative estimate of drug-likeness (QED) is 0.311. The summed E-state index contributed by atoms with van der Waals surface area (Å²) in [6.45, 7) is 0. The lowest BCUT2D eigenvalue weighted by atomic mass is 9.83. The minimum atomic E-state index is -5.18. The van der Waals surface area contributed by atoms with Gasteiger partial charge in [0.05, 0.1) is 0 Å². The second kappa shape index (κ2) is 7.87. The molecule has 3 N–H and O–H groups in total. The van der Waals surface area contributed by atoms with Gasteiger partial charge in [-0.25, -0.2) is 0 Å². The van der Waals surface area contributed by atoms with Gasteiger partial charge in [-0.3, -0.25) is 4.55 Å². The van der Waals surface area contributed by atoms with Crippen LogP contribution in [0.5, 0.6) is 11.5 Å². The maximum atomic E-state index is 13.0. The van der Waals surface area contributed by atoms with Gasteiger partial charge in [0.15, 0.2) is 4.75 Å². The molecular formula is C19H12Cl4O5S. The van der Waals surface area contributed by atoms with Crippen molar-refractivity contribution in [1.82, 2.24) is 0 Å². The molecule has 5 nitrogen and oxygen atoms in total. The van der Waals surface area contributed by atoms with E-state index in [1.807, 2.05) is 0 Å². The van der Waals surface area contributed by atoms with Gasteiger partial charge in [0, 0.05) is 36.8 Å². The molecule has 0 aromatic heterocycles. The van der Waals surface area contributed by atoms with Crippen molar-refractivity contribution >= 4 is 56.5 Å². The first kappa shape index (κ1) is 22.0. The van der Waals surface area contributed by atoms with Crippen molar-refractivity contribution in [3.05, 3.63) is 91.4 Å². The second-order valence-corrected chi connectivity index (χ2v) is 9.38. The SMILES string of the molecule is O=S(=O)(O)C(c1cc(Cl)ccc1O)(c1cc(Cl)ccc1O)c1cc(Cl)ccc1Cl. The molecule has 0 fully saturated rings. The molecule has 0 bridgehead atoms. The van der Waals surface area contributed by atoms with Crippen molar-refractivity contribution in [3.8, 4) is 11.5 Å². The van der Waals surface area contributed by atoms with Crippen LogP contribution < -0.4 is 0 Å². The van der Waals surface area contributed by atoms with Crippen LogP contribution in [0.4, 0.5) is 0 Å². The van der Waals surface area contributed by atoms with Gasteiger partial charge in [0.25, 0.3) is 10.1 Å². The number of aromatic hydroxyl groups is 2. The van der Waals surface area contributed by atoms with Gasteiger partial charge in [0.1, 0.15) is 11.5 Å². The average molecular weight is 494 g/mol. The Hall–Kier alpha value is -1.67. The zero-order valence-corrected chi connectivity index (χ0v) is 18.1. The van der Waals surface area contributed by atoms with Gasteiger partial charge in [-0.15, -0.1) is 0 Å². The molecule has 0 heterocycles. The van der Waals surface area contributed by atoms with E-state index >= 15 is 0 Å². The Morgan fingerprint density at radius 3 is 1.45 bits per heavy atom. The molecular weight excluding hydrogens is 482 g/mol. The van der Waals surface area contributed by atoms with E-state index in [0.29, 0.717) is 0 Å². The Balaban J connectivity index is 2.67. The fourth-order valence-electron chi connectivity index (χ4n) is 3.20. The van der Waals surface area contributed by atoms with Crippen LogP contribution in [0.1, 0.15) is 16.7 Å². The van der Waals surface area contributed by atoms with E-state index in [4.69, 9.17) is 46.4 Å². The van der Waals surface area contributed by atoms with E-state index in [1.54, 1.807) is 0 Å². The van der Waals surface area contributed by atoms with Crippen LogP contribution in [-0.2, 0) is 14.9 Å². The zero-order chi connectivity index (χ0) is 21.6. The standard InChI is InChI=1S/C19H12Cl4O5S/c20-10-1-4-16(23)13(7-10)19(29(26,27)28,14-8-11(21)2-5-17(14)24)15-9-12(22)3-6-18(15)25/h1-9,24-25H,(H,26,27,28). The Morgan fingerprint density at radius 1 is 0.655 bits per heavy atom. The molecule has 0 spiro atoms. The monoisotopic (exact) mass is 492 g/mol. The Morgan fingerprint density at radius 2 is 1.03 bits per heavy atom. The van der Waals surface area contributed by atoms with Crippen LogP contribution in [0, 0.1) is 0 Å². The van der Waals surface area contributed by atoms with Gasteiger partial charge >= 0.3 is 0 Å². The fourth-order valence-corrected chi connectivity index (χ4v) is 5.36. The summed E-state index contributed by atoms with van der Waals surface area (Å²) in [5, 5.41) is 21.2. The van der Waals surface area contributed by atoms with Crippen molar-refractivity contribution in [2.45, 2.75) is 4.75 Å². The van der Waals surface area contributed by atoms with Crippen LogP contribution in [0.15, 0.2) is 54.6 Å². The molecule has 0 saturated carbocycles. The van der Waals surface area contributed by atoms with Crippen LogP contribution in [0.25, 0.3) is 0 Å². The van der Waals surface area contributed by atoms with Gasteiger partial charge < -0.3 is 10.2 Å². The molecule has 0 unspecified atom stereocenters. The van der Waals surface area contributed by atoms with Crippen LogP contribution >= 0.6 is 46.4 Å². The van der Waals surface area contributed by atoms with Crippen molar-refractivity contribution in [2.75, 3.05) is 0 Å². The molecule has 0 atom stereocenters. The number of hydrogen-bond donors (Lipinski definition) is 3. The molecule has 0 aliphatic heterocycles. The van der Waals surface area contributed by atoms with Gasteiger partial charge in [-0.1, -0.05) is 46.4 Å². The topological polar surface area (TPSA) is 94.8 Å². The minimum Gasteiger partial charge on any atom is -0.508 e. The highest BCUT2D eigenvalue weighted by molar-refractivity contribution is 7.87. The second-order valence-electron chi connectivity index (χ2n) is 6.10. The van der Waals surface area contributed by atoms with Gasteiger partial charge in [-0.05, 0) is 54.6 Å². The highest BCUT2D eigenvalue weighted by Crippen LogP contribution is 2.52. The summed E-state index contributed by atoms with van der Waals surface area (Å²) >= 11 is 24.5. The van der Waals surface area contributed by atoms with Crippen LogP contribution in [-0.4, -0.2) is 23.2 Å². The predicted octanol–water partition coefficient (Wildman–Crippen LogP) is 5.89. The molecule has 0 aliphatic carbocycles. The third-order valence-electron chi connectivity index (χ3n) is 4.37. The summed E-state index contributed by atoms with van der Waals surface area (Å²) in [5.41, 5.74) is -0.923. The lowest BCUT2D eigenvalue weighted by Crippen LogP contribution is -2.38. The first-order valence-electron chi connectivity index (χ1n) is 7.89. The summed E-state index contributed by atoms with van der Waals surface area (Å²) in [5.74, 6) is -1.05.